The first-order valence-corrected chi connectivity index (χ1v) is 20.4. The van der Waals surface area contributed by atoms with Gasteiger partial charge in [-0.3, -0.25) is 0 Å². The molecule has 1 heterocycles. The lowest BCUT2D eigenvalue weighted by molar-refractivity contribution is 0.0531. The average Bonchev–Trinajstić information content (AvgIpc) is 3.61. The number of methoxy groups -OCH3 is 3. The van der Waals surface area contributed by atoms with E-state index in [-0.39, 0.29) is 36.9 Å². The Balaban J connectivity index is 1.60. The molecule has 16 heteroatoms. The fraction of sp³-hybridized carbons (Fsp3) is 0.316. The molecule has 0 saturated carbocycles. The second kappa shape index (κ2) is 18.3. The highest BCUT2D eigenvalue weighted by molar-refractivity contribution is 14.1. The standard InChI is InChI=1S/C38H43IN6O7S2/c1-38(2,3)52-37(46)40-21-22-53-33-20-19-32(39)34(36-41-42-43-45(36)25-28-11-17-31(51-6)18-12-28)35(33)54(47,48)44(23-26-7-13-29(49-4)14-8-26)24-27-9-15-30(50-5)16-10-27/h7-20H,21-25H2,1-6H3,(H,40,46). The molecule has 1 amide bonds. The zero-order valence-corrected chi connectivity index (χ0v) is 34.7. The van der Waals surface area contributed by atoms with Crippen molar-refractivity contribution in [2.45, 2.75) is 55.8 Å². The predicted octanol–water partition coefficient (Wildman–Crippen LogP) is 7.03. The average molecular weight is 887 g/mol. The highest BCUT2D eigenvalue weighted by atomic mass is 127. The number of sulfonamides is 1. The highest BCUT2D eigenvalue weighted by Gasteiger charge is 2.34. The van der Waals surface area contributed by atoms with Crippen molar-refractivity contribution in [3.8, 4) is 28.6 Å². The first kappa shape index (κ1) is 40.8. The van der Waals surface area contributed by atoms with Crippen LogP contribution >= 0.6 is 34.4 Å². The molecule has 0 spiro atoms. The summed E-state index contributed by atoms with van der Waals surface area (Å²) in [5.74, 6) is 2.67. The summed E-state index contributed by atoms with van der Waals surface area (Å²) in [4.78, 5) is 12.9. The summed E-state index contributed by atoms with van der Waals surface area (Å²) in [6.45, 7) is 6.00. The Morgan fingerprint density at radius 3 is 1.83 bits per heavy atom. The van der Waals surface area contributed by atoms with E-state index >= 15 is 8.42 Å². The topological polar surface area (TPSA) is 147 Å². The molecular weight excluding hydrogens is 843 g/mol. The van der Waals surface area contributed by atoms with Crippen molar-refractivity contribution in [1.29, 1.82) is 0 Å². The van der Waals surface area contributed by atoms with Crippen molar-refractivity contribution in [3.63, 3.8) is 0 Å². The van der Waals surface area contributed by atoms with Gasteiger partial charge >= 0.3 is 6.09 Å². The quantitative estimate of drug-likeness (QED) is 0.0620. The van der Waals surface area contributed by atoms with Crippen LogP contribution in [0.4, 0.5) is 4.79 Å². The molecule has 0 radical (unpaired) electrons. The molecule has 0 aliphatic heterocycles. The largest absolute Gasteiger partial charge is 0.497 e. The number of halogens is 1. The predicted molar refractivity (Wildman–Crippen MR) is 215 cm³/mol. The van der Waals surface area contributed by atoms with Gasteiger partial charge in [0.1, 0.15) is 27.7 Å². The lowest BCUT2D eigenvalue weighted by atomic mass is 10.2. The van der Waals surface area contributed by atoms with Crippen molar-refractivity contribution < 1.29 is 32.2 Å². The van der Waals surface area contributed by atoms with E-state index in [1.54, 1.807) is 77.1 Å². The Hall–Kier alpha value is -4.39. The van der Waals surface area contributed by atoms with Gasteiger partial charge in [0.2, 0.25) is 10.0 Å². The van der Waals surface area contributed by atoms with Crippen LogP contribution in [-0.2, 0) is 34.4 Å². The van der Waals surface area contributed by atoms with Crippen LogP contribution in [0.5, 0.6) is 17.2 Å². The maximum Gasteiger partial charge on any atom is 0.407 e. The van der Waals surface area contributed by atoms with Crippen LogP contribution in [0.1, 0.15) is 37.5 Å². The first-order chi connectivity index (χ1) is 25.8. The number of carbonyl (C=O) groups excluding carboxylic acids is 1. The summed E-state index contributed by atoms with van der Waals surface area (Å²) < 4.78 is 55.9. The third-order valence-electron chi connectivity index (χ3n) is 7.98. The normalized spacial score (nSPS) is 11.7. The second-order valence-corrected chi connectivity index (χ2v) is 17.2. The maximum absolute atomic E-state index is 15.4. The summed E-state index contributed by atoms with van der Waals surface area (Å²) in [6, 6.07) is 25.7. The Bertz CT molecular complexity index is 2070. The Kier molecular flexibility index (Phi) is 13.8. The van der Waals surface area contributed by atoms with Crippen molar-refractivity contribution in [2.75, 3.05) is 33.6 Å². The SMILES string of the molecule is COc1ccc(CN(Cc2ccc(OC)cc2)S(=O)(=O)c2c(SCCNC(=O)OC(C)(C)C)ccc(I)c2-c2nnnn2Cc2ccc(OC)cc2)cc1. The third kappa shape index (κ3) is 10.6. The molecule has 4 aromatic carbocycles. The van der Waals surface area contributed by atoms with E-state index < -0.39 is 21.7 Å². The minimum atomic E-state index is -4.31. The summed E-state index contributed by atoms with van der Waals surface area (Å²) in [6.07, 6.45) is -0.554. The molecule has 54 heavy (non-hydrogen) atoms. The summed E-state index contributed by atoms with van der Waals surface area (Å²) >= 11 is 3.44. The maximum atomic E-state index is 15.4. The molecular formula is C38H43IN6O7S2. The molecule has 5 rings (SSSR count). The van der Waals surface area contributed by atoms with Crippen molar-refractivity contribution in [2.24, 2.45) is 0 Å². The summed E-state index contributed by atoms with van der Waals surface area (Å²) in [5.41, 5.74) is 2.13. The molecule has 0 bridgehead atoms. The number of rotatable bonds is 16. The van der Waals surface area contributed by atoms with Gasteiger partial charge in [-0.05, 0) is 119 Å². The number of hydrogen-bond acceptors (Lipinski definition) is 11. The van der Waals surface area contributed by atoms with Crippen LogP contribution < -0.4 is 19.5 Å². The van der Waals surface area contributed by atoms with Gasteiger partial charge in [0.05, 0.1) is 33.4 Å². The van der Waals surface area contributed by atoms with E-state index in [9.17, 15) is 4.79 Å². The van der Waals surface area contributed by atoms with Crippen LogP contribution in [0.3, 0.4) is 0 Å². The minimum Gasteiger partial charge on any atom is -0.497 e. The van der Waals surface area contributed by atoms with Gasteiger partial charge < -0.3 is 24.3 Å². The highest BCUT2D eigenvalue weighted by Crippen LogP contribution is 2.40. The van der Waals surface area contributed by atoms with E-state index in [4.69, 9.17) is 18.9 Å². The van der Waals surface area contributed by atoms with E-state index in [0.29, 0.717) is 37.0 Å². The zero-order valence-electron chi connectivity index (χ0n) is 30.9. The van der Waals surface area contributed by atoms with Crippen LogP contribution in [-0.4, -0.2) is 78.3 Å². The number of hydrogen-bond donors (Lipinski definition) is 1. The van der Waals surface area contributed by atoms with Crippen LogP contribution in [0.15, 0.2) is 94.7 Å². The number of tetrazole rings is 1. The van der Waals surface area contributed by atoms with Crippen molar-refractivity contribution in [3.05, 3.63) is 105 Å². The van der Waals surface area contributed by atoms with E-state index in [1.165, 1.54) is 16.1 Å². The lowest BCUT2D eigenvalue weighted by Crippen LogP contribution is -2.33. The minimum absolute atomic E-state index is 0.0597. The number of carbonyl (C=O) groups is 1. The molecule has 0 aliphatic carbocycles. The van der Waals surface area contributed by atoms with Gasteiger partial charge in [-0.2, -0.15) is 4.31 Å². The molecule has 5 aromatic rings. The molecule has 0 unspecified atom stereocenters. The molecule has 13 nitrogen and oxygen atoms in total. The molecule has 0 atom stereocenters. The molecule has 0 saturated heterocycles. The van der Waals surface area contributed by atoms with Crippen LogP contribution in [0.25, 0.3) is 11.4 Å². The van der Waals surface area contributed by atoms with E-state index in [1.807, 2.05) is 54.6 Å². The summed E-state index contributed by atoms with van der Waals surface area (Å²) in [7, 11) is 0.457. The number of amides is 1. The van der Waals surface area contributed by atoms with Gasteiger partial charge in [-0.1, -0.05) is 36.4 Å². The molecule has 1 aromatic heterocycles. The number of benzene rings is 4. The number of alkyl carbamates (subject to hydrolysis) is 1. The Morgan fingerprint density at radius 1 is 0.815 bits per heavy atom. The Morgan fingerprint density at radius 2 is 1.33 bits per heavy atom. The lowest BCUT2D eigenvalue weighted by Gasteiger charge is -2.26. The zero-order chi connectivity index (χ0) is 38.9. The van der Waals surface area contributed by atoms with Crippen molar-refractivity contribution >= 4 is 50.5 Å². The number of nitrogens with zero attached hydrogens (tertiary/aromatic N) is 5. The fourth-order valence-electron chi connectivity index (χ4n) is 5.36. The van der Waals surface area contributed by atoms with Crippen LogP contribution in [0.2, 0.25) is 0 Å². The summed E-state index contributed by atoms with van der Waals surface area (Å²) in [5, 5.41) is 15.4. The smallest absolute Gasteiger partial charge is 0.407 e. The molecule has 0 aliphatic rings. The molecule has 1 N–H and O–H groups in total. The number of thioether (sulfide) groups is 1. The van der Waals surface area contributed by atoms with Crippen molar-refractivity contribution in [1.82, 2.24) is 29.8 Å². The molecule has 0 fully saturated rings. The van der Waals surface area contributed by atoms with E-state index in [2.05, 4.69) is 43.4 Å². The first-order valence-electron chi connectivity index (χ1n) is 16.9. The fourth-order valence-corrected chi connectivity index (χ4v) is 9.23. The monoisotopic (exact) mass is 886 g/mol. The Labute approximate surface area is 333 Å². The van der Waals surface area contributed by atoms with Gasteiger partial charge in [-0.25, -0.2) is 17.9 Å². The van der Waals surface area contributed by atoms with E-state index in [0.717, 1.165) is 16.7 Å². The van der Waals surface area contributed by atoms with Gasteiger partial charge in [0.25, 0.3) is 0 Å². The van der Waals surface area contributed by atoms with Gasteiger partial charge in [-0.15, -0.1) is 16.9 Å². The van der Waals surface area contributed by atoms with Crippen LogP contribution in [0, 0.1) is 3.57 Å². The third-order valence-corrected chi connectivity index (χ3v) is 11.9. The van der Waals surface area contributed by atoms with Gasteiger partial charge in [0, 0.05) is 33.9 Å². The molecule has 286 valence electrons. The number of ether oxygens (including phenoxy) is 4. The second-order valence-electron chi connectivity index (χ2n) is 13.0. The number of aromatic nitrogens is 4. The number of nitrogens with one attached hydrogen (secondary N) is 1. The van der Waals surface area contributed by atoms with Gasteiger partial charge in [0.15, 0.2) is 5.82 Å².